The van der Waals surface area contributed by atoms with Gasteiger partial charge in [-0.2, -0.15) is 0 Å². The Morgan fingerprint density at radius 1 is 1.11 bits per heavy atom. The van der Waals surface area contributed by atoms with Crippen molar-refractivity contribution >= 4 is 12.0 Å². The summed E-state index contributed by atoms with van der Waals surface area (Å²) in [5.41, 5.74) is 1.01. The number of hydrogen-bond acceptors (Lipinski definition) is 7. The molecule has 0 saturated heterocycles. The van der Waals surface area contributed by atoms with Gasteiger partial charge in [0, 0.05) is 18.6 Å². The van der Waals surface area contributed by atoms with Crippen LogP contribution in [0.5, 0.6) is 0 Å². The van der Waals surface area contributed by atoms with Gasteiger partial charge in [-0.05, 0) is 70.0 Å². The van der Waals surface area contributed by atoms with Gasteiger partial charge in [0.2, 0.25) is 0 Å². The minimum Gasteiger partial charge on any atom is -0.468 e. The van der Waals surface area contributed by atoms with Crippen molar-refractivity contribution in [2.75, 3.05) is 34.3 Å². The Kier molecular flexibility index (Phi) is 8.42. The van der Waals surface area contributed by atoms with E-state index in [4.69, 9.17) is 4.74 Å². The maximum atomic E-state index is 13.4. The average Bonchev–Trinajstić information content (AvgIpc) is 3.33. The molecular weight excluding hydrogens is 484 g/mol. The van der Waals surface area contributed by atoms with Crippen molar-refractivity contribution < 1.29 is 19.4 Å². The van der Waals surface area contributed by atoms with Gasteiger partial charge in [-0.15, -0.1) is 5.10 Å². The second-order valence-electron chi connectivity index (χ2n) is 11.7. The molecular formula is C28H42N6O4. The van der Waals surface area contributed by atoms with Crippen LogP contribution in [0.15, 0.2) is 36.5 Å². The summed E-state index contributed by atoms with van der Waals surface area (Å²) in [5.74, 6) is -0.415. The summed E-state index contributed by atoms with van der Waals surface area (Å²) in [4.78, 5) is 29.1. The Morgan fingerprint density at radius 2 is 1.79 bits per heavy atom. The standard InChI is InChI=1S/C28H42N6O4/c1-26(13-15-28(16-14-26,32(2)3)22-9-6-5-7-10-22)21-33(25(36)29-20-27(37)11-8-12-27)17-23-18-34(31-30-23)19-24(35)38-4/h5-7,9-10,18,37H,8,11-17,19-21H2,1-4H3,(H,29,36). The Balaban J connectivity index is 1.48. The highest BCUT2D eigenvalue weighted by molar-refractivity contribution is 5.74. The molecule has 0 bridgehead atoms. The van der Waals surface area contributed by atoms with E-state index in [9.17, 15) is 14.7 Å². The van der Waals surface area contributed by atoms with Gasteiger partial charge < -0.3 is 20.1 Å². The van der Waals surface area contributed by atoms with E-state index in [-0.39, 0.29) is 36.6 Å². The third kappa shape index (κ3) is 6.35. The molecule has 1 aromatic carbocycles. The number of amides is 2. The number of rotatable bonds is 10. The molecule has 0 aliphatic heterocycles. The summed E-state index contributed by atoms with van der Waals surface area (Å²) in [7, 11) is 5.63. The fourth-order valence-corrected chi connectivity index (χ4v) is 5.82. The van der Waals surface area contributed by atoms with Gasteiger partial charge in [0.25, 0.3) is 0 Å². The molecule has 0 spiro atoms. The number of urea groups is 1. The van der Waals surface area contributed by atoms with E-state index in [1.54, 1.807) is 11.1 Å². The summed E-state index contributed by atoms with van der Waals surface area (Å²) in [5, 5.41) is 21.7. The third-order valence-electron chi connectivity index (χ3n) is 8.62. The van der Waals surface area contributed by atoms with Gasteiger partial charge in [0.1, 0.15) is 12.2 Å². The maximum absolute atomic E-state index is 13.4. The lowest BCUT2D eigenvalue weighted by Gasteiger charge is -2.50. The SMILES string of the molecule is COC(=O)Cn1cc(CN(CC2(C)CCC(c3ccccc3)(N(C)C)CC2)C(=O)NCC2(O)CCC2)nn1. The minimum absolute atomic E-state index is 0.0298. The highest BCUT2D eigenvalue weighted by atomic mass is 16.5. The molecule has 2 amide bonds. The van der Waals surface area contributed by atoms with Crippen molar-refractivity contribution in [2.45, 2.75) is 76.1 Å². The molecule has 1 aromatic heterocycles. The summed E-state index contributed by atoms with van der Waals surface area (Å²) >= 11 is 0. The van der Waals surface area contributed by atoms with Crippen molar-refractivity contribution in [3.63, 3.8) is 0 Å². The van der Waals surface area contributed by atoms with E-state index in [0.29, 0.717) is 25.1 Å². The molecule has 1 heterocycles. The molecule has 2 aromatic rings. The van der Waals surface area contributed by atoms with Crippen molar-refractivity contribution in [1.29, 1.82) is 0 Å². The van der Waals surface area contributed by atoms with E-state index >= 15 is 0 Å². The number of nitrogens with one attached hydrogen (secondary N) is 1. The average molecular weight is 527 g/mol. The van der Waals surface area contributed by atoms with Crippen LogP contribution in [0.25, 0.3) is 0 Å². The number of esters is 1. The van der Waals surface area contributed by atoms with Crippen LogP contribution in [0.3, 0.4) is 0 Å². The normalized spacial score (nSPS) is 24.5. The molecule has 4 rings (SSSR count). The van der Waals surface area contributed by atoms with E-state index in [1.807, 2.05) is 0 Å². The molecule has 0 atom stereocenters. The highest BCUT2D eigenvalue weighted by Gasteiger charge is 2.44. The van der Waals surface area contributed by atoms with Crippen molar-refractivity contribution in [3.8, 4) is 0 Å². The van der Waals surface area contributed by atoms with Gasteiger partial charge in [-0.3, -0.25) is 9.69 Å². The molecule has 2 saturated carbocycles. The van der Waals surface area contributed by atoms with E-state index in [1.165, 1.54) is 17.4 Å². The Hall–Kier alpha value is -2.98. The van der Waals surface area contributed by atoms with Crippen LogP contribution < -0.4 is 5.32 Å². The quantitative estimate of drug-likeness (QED) is 0.458. The third-order valence-corrected chi connectivity index (χ3v) is 8.62. The van der Waals surface area contributed by atoms with Gasteiger partial charge in [0.15, 0.2) is 0 Å². The number of benzene rings is 1. The molecule has 0 unspecified atom stereocenters. The molecule has 208 valence electrons. The van der Waals surface area contributed by atoms with Crippen LogP contribution in [0, 0.1) is 5.41 Å². The van der Waals surface area contributed by atoms with Gasteiger partial charge in [0.05, 0.1) is 25.5 Å². The number of nitrogens with zero attached hydrogens (tertiary/aromatic N) is 5. The number of aliphatic hydroxyl groups is 1. The van der Waals surface area contributed by atoms with Gasteiger partial charge >= 0.3 is 12.0 Å². The number of carbonyl (C=O) groups excluding carboxylic acids is 2. The smallest absolute Gasteiger partial charge is 0.327 e. The van der Waals surface area contributed by atoms with Crippen LogP contribution >= 0.6 is 0 Å². The Bertz CT molecular complexity index is 1090. The largest absolute Gasteiger partial charge is 0.468 e. The monoisotopic (exact) mass is 526 g/mol. The van der Waals surface area contributed by atoms with E-state index in [2.05, 4.69) is 71.9 Å². The number of ether oxygens (including phenoxy) is 1. The van der Waals surface area contributed by atoms with Gasteiger partial charge in [-0.25, -0.2) is 9.48 Å². The van der Waals surface area contributed by atoms with Crippen molar-refractivity contribution in [2.24, 2.45) is 5.41 Å². The zero-order valence-corrected chi connectivity index (χ0v) is 23.2. The molecule has 2 aliphatic rings. The Labute approximate surface area is 225 Å². The van der Waals surface area contributed by atoms with Crippen LogP contribution in [-0.4, -0.2) is 81.8 Å². The first-order valence-electron chi connectivity index (χ1n) is 13.5. The minimum atomic E-state index is -0.805. The number of aromatic nitrogens is 3. The molecule has 10 nitrogen and oxygen atoms in total. The van der Waals surface area contributed by atoms with Crippen LogP contribution in [0.2, 0.25) is 0 Å². The second kappa shape index (κ2) is 11.4. The first kappa shape index (κ1) is 28.0. The molecule has 2 N–H and O–H groups in total. The molecule has 38 heavy (non-hydrogen) atoms. The fraction of sp³-hybridized carbons (Fsp3) is 0.643. The maximum Gasteiger partial charge on any atom is 0.327 e. The predicted octanol–water partition coefficient (Wildman–Crippen LogP) is 2.92. The lowest BCUT2D eigenvalue weighted by atomic mass is 9.65. The zero-order valence-electron chi connectivity index (χ0n) is 23.2. The molecule has 2 aliphatic carbocycles. The molecule has 2 fully saturated rings. The Morgan fingerprint density at radius 3 is 2.37 bits per heavy atom. The first-order valence-corrected chi connectivity index (χ1v) is 13.5. The summed E-state index contributed by atoms with van der Waals surface area (Å²) in [6, 6.07) is 10.5. The van der Waals surface area contributed by atoms with Gasteiger partial charge in [-0.1, -0.05) is 42.5 Å². The number of carbonyl (C=O) groups is 2. The summed E-state index contributed by atoms with van der Waals surface area (Å²) < 4.78 is 6.13. The summed E-state index contributed by atoms with van der Waals surface area (Å²) in [6.45, 7) is 3.28. The lowest BCUT2D eigenvalue weighted by Crippen LogP contribution is -2.53. The molecule has 0 radical (unpaired) electrons. The lowest BCUT2D eigenvalue weighted by molar-refractivity contribution is -0.141. The van der Waals surface area contributed by atoms with E-state index in [0.717, 1.165) is 32.1 Å². The fourth-order valence-electron chi connectivity index (χ4n) is 5.82. The van der Waals surface area contributed by atoms with E-state index < -0.39 is 11.6 Å². The topological polar surface area (TPSA) is 113 Å². The first-order chi connectivity index (χ1) is 18.1. The number of hydrogen-bond donors (Lipinski definition) is 2. The predicted molar refractivity (Wildman–Crippen MR) is 143 cm³/mol. The number of methoxy groups -OCH3 is 1. The zero-order chi connectivity index (χ0) is 27.4. The second-order valence-corrected chi connectivity index (χ2v) is 11.7. The summed E-state index contributed by atoms with van der Waals surface area (Å²) in [6.07, 6.45) is 7.97. The van der Waals surface area contributed by atoms with Crippen molar-refractivity contribution in [3.05, 3.63) is 47.8 Å². The van der Waals surface area contributed by atoms with Crippen LogP contribution in [0.4, 0.5) is 4.79 Å². The molecule has 10 heteroatoms. The van der Waals surface area contributed by atoms with Crippen molar-refractivity contribution in [1.82, 2.24) is 30.1 Å². The van der Waals surface area contributed by atoms with Crippen LogP contribution in [-0.2, 0) is 28.2 Å². The highest BCUT2D eigenvalue weighted by Crippen LogP contribution is 2.48. The van der Waals surface area contributed by atoms with Crippen LogP contribution in [0.1, 0.15) is 63.1 Å².